The van der Waals surface area contributed by atoms with E-state index >= 15 is 0 Å². The van der Waals surface area contributed by atoms with Crippen molar-refractivity contribution in [3.63, 3.8) is 0 Å². The van der Waals surface area contributed by atoms with Gasteiger partial charge in [0.05, 0.1) is 13.7 Å². The van der Waals surface area contributed by atoms with Gasteiger partial charge in [0.15, 0.2) is 0 Å². The SMILES string of the molecule is CNCC(=O)NCC1(c2ccc(OC)cc2)CCCCC1. The van der Waals surface area contributed by atoms with Gasteiger partial charge in [-0.3, -0.25) is 4.79 Å². The minimum Gasteiger partial charge on any atom is -0.497 e. The molecule has 1 aliphatic carbocycles. The van der Waals surface area contributed by atoms with E-state index in [0.717, 1.165) is 25.1 Å². The first-order valence-corrected chi connectivity index (χ1v) is 7.76. The van der Waals surface area contributed by atoms with Gasteiger partial charge in [-0.25, -0.2) is 0 Å². The lowest BCUT2D eigenvalue weighted by molar-refractivity contribution is -0.120. The predicted octanol–water partition coefficient (Wildman–Crippen LogP) is 2.23. The number of amides is 1. The van der Waals surface area contributed by atoms with E-state index in [2.05, 4.69) is 22.8 Å². The molecule has 0 radical (unpaired) electrons. The third-order valence-corrected chi connectivity index (χ3v) is 4.47. The zero-order valence-corrected chi connectivity index (χ0v) is 13.1. The van der Waals surface area contributed by atoms with Gasteiger partial charge in [0, 0.05) is 12.0 Å². The monoisotopic (exact) mass is 290 g/mol. The van der Waals surface area contributed by atoms with Gasteiger partial charge in [0.1, 0.15) is 5.75 Å². The molecule has 0 spiro atoms. The van der Waals surface area contributed by atoms with Gasteiger partial charge < -0.3 is 15.4 Å². The van der Waals surface area contributed by atoms with E-state index in [9.17, 15) is 4.79 Å². The summed E-state index contributed by atoms with van der Waals surface area (Å²) in [5, 5.41) is 5.98. The normalized spacial score (nSPS) is 17.2. The van der Waals surface area contributed by atoms with Crippen molar-refractivity contribution in [3.8, 4) is 5.75 Å². The summed E-state index contributed by atoms with van der Waals surface area (Å²) < 4.78 is 5.24. The molecule has 0 aliphatic heterocycles. The van der Waals surface area contributed by atoms with Crippen molar-refractivity contribution in [1.29, 1.82) is 0 Å². The standard InChI is InChI=1S/C17H26N2O2/c1-18-12-16(20)19-13-17(10-4-3-5-11-17)14-6-8-15(21-2)9-7-14/h6-9,18H,3-5,10-13H2,1-2H3,(H,19,20). The largest absolute Gasteiger partial charge is 0.497 e. The molecule has 116 valence electrons. The second kappa shape index (κ2) is 7.46. The van der Waals surface area contributed by atoms with Gasteiger partial charge in [-0.1, -0.05) is 31.4 Å². The molecule has 4 nitrogen and oxygen atoms in total. The Hall–Kier alpha value is -1.55. The molecule has 0 saturated heterocycles. The Bertz CT molecular complexity index is 450. The molecular weight excluding hydrogens is 264 g/mol. The number of hydrogen-bond donors (Lipinski definition) is 2. The number of methoxy groups -OCH3 is 1. The minimum absolute atomic E-state index is 0.0657. The van der Waals surface area contributed by atoms with Crippen LogP contribution in [0.1, 0.15) is 37.7 Å². The van der Waals surface area contributed by atoms with Crippen molar-refractivity contribution in [2.24, 2.45) is 0 Å². The maximum Gasteiger partial charge on any atom is 0.233 e. The Labute approximate surface area is 127 Å². The van der Waals surface area contributed by atoms with Crippen molar-refractivity contribution in [2.75, 3.05) is 27.2 Å². The van der Waals surface area contributed by atoms with Crippen LogP contribution in [0.25, 0.3) is 0 Å². The molecule has 0 heterocycles. The van der Waals surface area contributed by atoms with E-state index in [1.165, 1.54) is 24.8 Å². The number of benzene rings is 1. The maximum atomic E-state index is 11.8. The molecule has 1 fully saturated rings. The summed E-state index contributed by atoms with van der Waals surface area (Å²) in [5.41, 5.74) is 1.39. The average Bonchev–Trinajstić information content (AvgIpc) is 2.54. The Morgan fingerprint density at radius 1 is 1.19 bits per heavy atom. The number of rotatable bonds is 6. The zero-order valence-electron chi connectivity index (χ0n) is 13.1. The second-order valence-corrected chi connectivity index (χ2v) is 5.88. The summed E-state index contributed by atoms with van der Waals surface area (Å²) in [7, 11) is 3.47. The third kappa shape index (κ3) is 3.97. The van der Waals surface area contributed by atoms with Crippen molar-refractivity contribution in [1.82, 2.24) is 10.6 Å². The van der Waals surface area contributed by atoms with Crippen molar-refractivity contribution >= 4 is 5.91 Å². The molecule has 1 amide bonds. The molecule has 1 aliphatic rings. The Kier molecular flexibility index (Phi) is 5.62. The predicted molar refractivity (Wildman–Crippen MR) is 84.7 cm³/mol. The van der Waals surface area contributed by atoms with E-state index in [4.69, 9.17) is 4.74 Å². The number of carbonyl (C=O) groups excluding carboxylic acids is 1. The van der Waals surface area contributed by atoms with Crippen LogP contribution in [-0.2, 0) is 10.2 Å². The average molecular weight is 290 g/mol. The topological polar surface area (TPSA) is 50.4 Å². The molecule has 1 saturated carbocycles. The lowest BCUT2D eigenvalue weighted by Gasteiger charge is -2.38. The lowest BCUT2D eigenvalue weighted by atomic mass is 9.69. The first kappa shape index (κ1) is 15.8. The summed E-state index contributed by atoms with van der Waals surface area (Å²) in [4.78, 5) is 11.8. The highest BCUT2D eigenvalue weighted by molar-refractivity contribution is 5.78. The van der Waals surface area contributed by atoms with Crippen molar-refractivity contribution in [3.05, 3.63) is 29.8 Å². The first-order valence-electron chi connectivity index (χ1n) is 7.76. The number of ether oxygens (including phenoxy) is 1. The van der Waals surface area contributed by atoms with Gasteiger partial charge in [-0.15, -0.1) is 0 Å². The van der Waals surface area contributed by atoms with Crippen LogP contribution in [0.2, 0.25) is 0 Å². The molecule has 0 aromatic heterocycles. The van der Waals surface area contributed by atoms with E-state index in [1.807, 2.05) is 12.1 Å². The number of carbonyl (C=O) groups is 1. The number of likely N-dealkylation sites (N-methyl/N-ethyl adjacent to an activating group) is 1. The number of hydrogen-bond acceptors (Lipinski definition) is 3. The summed E-state index contributed by atoms with van der Waals surface area (Å²) in [6.07, 6.45) is 6.03. The zero-order chi connectivity index (χ0) is 15.1. The van der Waals surface area contributed by atoms with Gasteiger partial charge in [-0.2, -0.15) is 0 Å². The van der Waals surface area contributed by atoms with Crippen LogP contribution < -0.4 is 15.4 Å². The summed E-state index contributed by atoms with van der Waals surface area (Å²) in [6, 6.07) is 8.32. The van der Waals surface area contributed by atoms with E-state index in [0.29, 0.717) is 6.54 Å². The molecule has 1 aromatic carbocycles. The first-order chi connectivity index (χ1) is 10.2. The lowest BCUT2D eigenvalue weighted by Crippen LogP contribution is -2.44. The Morgan fingerprint density at radius 2 is 1.86 bits per heavy atom. The molecule has 2 N–H and O–H groups in total. The van der Waals surface area contributed by atoms with E-state index < -0.39 is 0 Å². The summed E-state index contributed by atoms with van der Waals surface area (Å²) in [6.45, 7) is 1.10. The van der Waals surface area contributed by atoms with Crippen LogP contribution in [0, 0.1) is 0 Å². The van der Waals surface area contributed by atoms with Gasteiger partial charge in [0.2, 0.25) is 5.91 Å². The van der Waals surface area contributed by atoms with Crippen LogP contribution in [0.3, 0.4) is 0 Å². The van der Waals surface area contributed by atoms with Crippen molar-refractivity contribution in [2.45, 2.75) is 37.5 Å². The van der Waals surface area contributed by atoms with Crippen LogP contribution in [0.15, 0.2) is 24.3 Å². The molecule has 21 heavy (non-hydrogen) atoms. The molecule has 0 unspecified atom stereocenters. The number of nitrogens with one attached hydrogen (secondary N) is 2. The molecule has 0 atom stereocenters. The van der Waals surface area contributed by atoms with Crippen LogP contribution in [0.5, 0.6) is 5.75 Å². The van der Waals surface area contributed by atoms with Crippen LogP contribution >= 0.6 is 0 Å². The second-order valence-electron chi connectivity index (χ2n) is 5.88. The van der Waals surface area contributed by atoms with Gasteiger partial charge >= 0.3 is 0 Å². The third-order valence-electron chi connectivity index (χ3n) is 4.47. The fraction of sp³-hybridized carbons (Fsp3) is 0.588. The fourth-order valence-electron chi connectivity index (χ4n) is 3.23. The fourth-order valence-corrected chi connectivity index (χ4v) is 3.23. The molecular formula is C17H26N2O2. The van der Waals surface area contributed by atoms with Gasteiger partial charge in [0.25, 0.3) is 0 Å². The molecule has 4 heteroatoms. The van der Waals surface area contributed by atoms with E-state index in [-0.39, 0.29) is 11.3 Å². The van der Waals surface area contributed by atoms with Crippen molar-refractivity contribution < 1.29 is 9.53 Å². The Balaban J connectivity index is 2.13. The van der Waals surface area contributed by atoms with E-state index in [1.54, 1.807) is 14.2 Å². The van der Waals surface area contributed by atoms with Gasteiger partial charge in [-0.05, 0) is 37.6 Å². The quantitative estimate of drug-likeness (QED) is 0.845. The molecule has 2 rings (SSSR count). The minimum atomic E-state index is 0.0657. The van der Waals surface area contributed by atoms with Crippen LogP contribution in [0.4, 0.5) is 0 Å². The molecule has 0 bridgehead atoms. The highest BCUT2D eigenvalue weighted by atomic mass is 16.5. The highest BCUT2D eigenvalue weighted by Crippen LogP contribution is 2.39. The van der Waals surface area contributed by atoms with Crippen LogP contribution in [-0.4, -0.2) is 33.2 Å². The Morgan fingerprint density at radius 3 is 2.43 bits per heavy atom. The maximum absolute atomic E-state index is 11.8. The smallest absolute Gasteiger partial charge is 0.233 e. The highest BCUT2D eigenvalue weighted by Gasteiger charge is 2.34. The summed E-state index contributed by atoms with van der Waals surface area (Å²) >= 11 is 0. The summed E-state index contributed by atoms with van der Waals surface area (Å²) in [5.74, 6) is 0.944. The molecule has 1 aromatic rings.